The first-order valence-corrected chi connectivity index (χ1v) is 8.90. The summed E-state index contributed by atoms with van der Waals surface area (Å²) < 4.78 is 26.4. The van der Waals surface area contributed by atoms with E-state index in [1.165, 1.54) is 24.3 Å². The number of hydrogen-bond acceptors (Lipinski definition) is 4. The summed E-state index contributed by atoms with van der Waals surface area (Å²) in [5.74, 6) is -2.56. The van der Waals surface area contributed by atoms with E-state index in [1.807, 2.05) is 0 Å². The predicted octanol–water partition coefficient (Wildman–Crippen LogP) is 1.54. The number of benzene rings is 1. The molecule has 7 nitrogen and oxygen atoms in total. The second kappa shape index (κ2) is 6.29. The van der Waals surface area contributed by atoms with Gasteiger partial charge in [0.05, 0.1) is 11.3 Å². The van der Waals surface area contributed by atoms with Crippen molar-refractivity contribution < 1.29 is 28.2 Å². The largest absolute Gasteiger partial charge is 0.480 e. The van der Waals surface area contributed by atoms with Gasteiger partial charge in [-0.3, -0.25) is 4.79 Å². The molecule has 1 aromatic carbocycles. The first-order valence-electron chi connectivity index (χ1n) is 7.29. The number of nitrogens with zero attached hydrogens (tertiary/aromatic N) is 1. The van der Waals surface area contributed by atoms with Gasteiger partial charge in [-0.15, -0.1) is 0 Å². The maximum Gasteiger partial charge on any atom is 0.335 e. The van der Waals surface area contributed by atoms with Gasteiger partial charge in [-0.2, -0.15) is 4.31 Å². The number of aliphatic carboxylic acids is 1. The molecular weight excluding hydrogens is 322 g/mol. The Hall–Kier alpha value is -1.93. The van der Waals surface area contributed by atoms with Gasteiger partial charge in [0.25, 0.3) is 0 Å². The lowest BCUT2D eigenvalue weighted by Gasteiger charge is -2.32. The highest BCUT2D eigenvalue weighted by Gasteiger charge is 2.51. The summed E-state index contributed by atoms with van der Waals surface area (Å²) in [7, 11) is -3.81. The topological polar surface area (TPSA) is 112 Å². The van der Waals surface area contributed by atoms with Crippen LogP contribution in [0.4, 0.5) is 0 Å². The highest BCUT2D eigenvalue weighted by atomic mass is 32.2. The van der Waals surface area contributed by atoms with Crippen molar-refractivity contribution in [3.63, 3.8) is 0 Å². The third-order valence-electron chi connectivity index (χ3n) is 4.30. The van der Waals surface area contributed by atoms with E-state index in [1.54, 1.807) is 6.92 Å². The fraction of sp³-hybridized carbons (Fsp3) is 0.467. The standard InChI is InChI=1S/C15H19NO6S/c1-2-15(14(19)20)8-3-9-16(15)23(21,22)10-11-4-6-12(7-5-11)13(17)18/h4-7H,2-3,8-10H2,1H3,(H,17,18)(H,19,20). The zero-order valence-electron chi connectivity index (χ0n) is 12.7. The van der Waals surface area contributed by atoms with Crippen LogP contribution in [0.25, 0.3) is 0 Å². The summed E-state index contributed by atoms with van der Waals surface area (Å²) in [5, 5.41) is 18.3. The van der Waals surface area contributed by atoms with Gasteiger partial charge in [-0.1, -0.05) is 19.1 Å². The first kappa shape index (κ1) is 17.4. The predicted molar refractivity (Wildman–Crippen MR) is 82.6 cm³/mol. The molecule has 0 spiro atoms. The molecule has 0 radical (unpaired) electrons. The van der Waals surface area contributed by atoms with Gasteiger partial charge >= 0.3 is 11.9 Å². The molecule has 1 fully saturated rings. The van der Waals surface area contributed by atoms with Crippen molar-refractivity contribution in [3.8, 4) is 0 Å². The van der Waals surface area contributed by atoms with Crippen LogP contribution >= 0.6 is 0 Å². The van der Waals surface area contributed by atoms with E-state index in [4.69, 9.17) is 5.11 Å². The van der Waals surface area contributed by atoms with E-state index in [0.29, 0.717) is 18.4 Å². The lowest BCUT2D eigenvalue weighted by molar-refractivity contribution is -0.147. The van der Waals surface area contributed by atoms with Crippen LogP contribution in [0.3, 0.4) is 0 Å². The van der Waals surface area contributed by atoms with Crippen LogP contribution in [0, 0.1) is 0 Å². The van der Waals surface area contributed by atoms with E-state index in [-0.39, 0.29) is 24.3 Å². The van der Waals surface area contributed by atoms with Gasteiger partial charge in [-0.25, -0.2) is 13.2 Å². The van der Waals surface area contributed by atoms with Gasteiger partial charge in [-0.05, 0) is 37.0 Å². The average molecular weight is 341 g/mol. The Morgan fingerprint density at radius 1 is 1.22 bits per heavy atom. The van der Waals surface area contributed by atoms with Crippen molar-refractivity contribution in [2.24, 2.45) is 0 Å². The summed E-state index contributed by atoms with van der Waals surface area (Å²) in [4.78, 5) is 22.4. The quantitative estimate of drug-likeness (QED) is 0.812. The fourth-order valence-corrected chi connectivity index (χ4v) is 5.02. The molecule has 1 aliphatic rings. The molecule has 2 rings (SSSR count). The normalized spacial score (nSPS) is 22.1. The smallest absolute Gasteiger partial charge is 0.335 e. The molecule has 2 N–H and O–H groups in total. The molecule has 1 atom stereocenters. The molecule has 0 aromatic heterocycles. The molecule has 0 bridgehead atoms. The lowest BCUT2D eigenvalue weighted by atomic mass is 9.95. The van der Waals surface area contributed by atoms with Gasteiger partial charge in [0.15, 0.2) is 0 Å². The molecule has 1 aromatic rings. The van der Waals surface area contributed by atoms with Crippen LogP contribution in [0.2, 0.25) is 0 Å². The molecule has 0 saturated carbocycles. The van der Waals surface area contributed by atoms with Gasteiger partial charge in [0, 0.05) is 6.54 Å². The second-order valence-electron chi connectivity index (χ2n) is 5.62. The minimum Gasteiger partial charge on any atom is -0.480 e. The maximum absolute atomic E-state index is 12.6. The summed E-state index contributed by atoms with van der Waals surface area (Å²) in [6, 6.07) is 5.54. The Balaban J connectivity index is 2.27. The molecule has 1 heterocycles. The fourth-order valence-electron chi connectivity index (χ4n) is 3.01. The van der Waals surface area contributed by atoms with Crippen LogP contribution in [-0.2, 0) is 20.6 Å². The van der Waals surface area contributed by atoms with Crippen LogP contribution in [0.15, 0.2) is 24.3 Å². The second-order valence-corrected chi connectivity index (χ2v) is 7.52. The number of carboxylic acid groups (broad SMARTS) is 2. The van der Waals surface area contributed by atoms with Crippen molar-refractivity contribution in [2.45, 2.75) is 37.5 Å². The third kappa shape index (κ3) is 3.23. The number of aromatic carboxylic acids is 1. The van der Waals surface area contributed by atoms with E-state index in [0.717, 1.165) is 4.31 Å². The van der Waals surface area contributed by atoms with Crippen molar-refractivity contribution >= 4 is 22.0 Å². The number of carboxylic acids is 2. The molecule has 8 heteroatoms. The zero-order chi connectivity index (χ0) is 17.3. The Morgan fingerprint density at radius 3 is 2.30 bits per heavy atom. The van der Waals surface area contributed by atoms with Crippen LogP contribution in [0.5, 0.6) is 0 Å². The Kier molecular flexibility index (Phi) is 4.76. The SMILES string of the molecule is CCC1(C(=O)O)CCCN1S(=O)(=O)Cc1ccc(C(=O)O)cc1. The first-order chi connectivity index (χ1) is 10.7. The zero-order valence-corrected chi connectivity index (χ0v) is 13.5. The van der Waals surface area contributed by atoms with Crippen LogP contribution < -0.4 is 0 Å². The molecule has 1 saturated heterocycles. The summed E-state index contributed by atoms with van der Waals surface area (Å²) in [6.45, 7) is 1.86. The van der Waals surface area contributed by atoms with Crippen LogP contribution in [0.1, 0.15) is 42.1 Å². The molecule has 1 unspecified atom stereocenters. The average Bonchev–Trinajstić information content (AvgIpc) is 2.93. The molecule has 0 aliphatic carbocycles. The Labute approximate surface area is 134 Å². The summed E-state index contributed by atoms with van der Waals surface area (Å²) >= 11 is 0. The maximum atomic E-state index is 12.6. The van der Waals surface area contributed by atoms with Crippen LogP contribution in [-0.4, -0.2) is 47.0 Å². The lowest BCUT2D eigenvalue weighted by Crippen LogP contribution is -2.52. The van der Waals surface area contributed by atoms with Crippen molar-refractivity contribution in [3.05, 3.63) is 35.4 Å². The number of hydrogen-bond donors (Lipinski definition) is 2. The highest BCUT2D eigenvalue weighted by Crippen LogP contribution is 2.36. The van der Waals surface area contributed by atoms with E-state index in [2.05, 4.69) is 0 Å². The monoisotopic (exact) mass is 341 g/mol. The van der Waals surface area contributed by atoms with Gasteiger partial charge in [0.1, 0.15) is 5.54 Å². The van der Waals surface area contributed by atoms with Crippen molar-refractivity contribution in [1.29, 1.82) is 0 Å². The van der Waals surface area contributed by atoms with E-state index < -0.39 is 27.5 Å². The van der Waals surface area contributed by atoms with Gasteiger partial charge in [0.2, 0.25) is 10.0 Å². The molecule has 0 amide bonds. The minimum atomic E-state index is -3.81. The van der Waals surface area contributed by atoms with Crippen molar-refractivity contribution in [1.82, 2.24) is 4.31 Å². The third-order valence-corrected chi connectivity index (χ3v) is 6.20. The molecule has 1 aliphatic heterocycles. The molecular formula is C15H19NO6S. The number of rotatable bonds is 6. The minimum absolute atomic E-state index is 0.0701. The van der Waals surface area contributed by atoms with E-state index >= 15 is 0 Å². The van der Waals surface area contributed by atoms with Gasteiger partial charge < -0.3 is 10.2 Å². The molecule has 23 heavy (non-hydrogen) atoms. The Bertz CT molecular complexity index is 712. The number of carbonyl (C=O) groups is 2. The molecule has 126 valence electrons. The van der Waals surface area contributed by atoms with E-state index in [9.17, 15) is 23.1 Å². The summed E-state index contributed by atoms with van der Waals surface area (Å²) in [6.07, 6.45) is 1.02. The highest BCUT2D eigenvalue weighted by molar-refractivity contribution is 7.88. The van der Waals surface area contributed by atoms with Crippen molar-refractivity contribution in [2.75, 3.05) is 6.54 Å². The Morgan fingerprint density at radius 2 is 1.83 bits per heavy atom. The summed E-state index contributed by atoms with van der Waals surface area (Å²) in [5.41, 5.74) is -0.877. The number of sulfonamides is 1.